The lowest BCUT2D eigenvalue weighted by molar-refractivity contribution is 0.0732. The van der Waals surface area contributed by atoms with Gasteiger partial charge in [0.15, 0.2) is 5.75 Å². The number of nitrogens with zero attached hydrogens (tertiary/aromatic N) is 2. The highest BCUT2D eigenvalue weighted by atomic mass is 35.5. The van der Waals surface area contributed by atoms with Crippen LogP contribution in [-0.2, 0) is 0 Å². The molecule has 0 saturated carbocycles. The summed E-state index contributed by atoms with van der Waals surface area (Å²) in [5, 5.41) is 21.5. The van der Waals surface area contributed by atoms with E-state index < -0.39 is 5.97 Å². The van der Waals surface area contributed by atoms with Crippen LogP contribution in [-0.4, -0.2) is 11.1 Å². The zero-order valence-corrected chi connectivity index (χ0v) is 17.9. The lowest BCUT2D eigenvalue weighted by Crippen LogP contribution is -2.09. The van der Waals surface area contributed by atoms with Crippen molar-refractivity contribution in [3.8, 4) is 11.5 Å². The number of para-hydroxylation sites is 1. The first-order valence-corrected chi connectivity index (χ1v) is 10.1. The maximum atomic E-state index is 12.8. The molecule has 154 valence electrons. The summed E-state index contributed by atoms with van der Waals surface area (Å²) in [6.07, 6.45) is 0. The van der Waals surface area contributed by atoms with E-state index in [0.29, 0.717) is 21.5 Å². The fourth-order valence-electron chi connectivity index (χ4n) is 3.05. The monoisotopic (exact) mass is 450 g/mol. The largest absolute Gasteiger partial charge is 0.505 e. The third kappa shape index (κ3) is 4.38. The second-order valence-electron chi connectivity index (χ2n) is 6.79. The molecule has 0 saturated heterocycles. The fraction of sp³-hybridized carbons (Fsp3) is 0.0417. The maximum absolute atomic E-state index is 12.8. The quantitative estimate of drug-likeness (QED) is 0.196. The Morgan fingerprint density at radius 1 is 0.935 bits per heavy atom. The van der Waals surface area contributed by atoms with Gasteiger partial charge in [-0.3, -0.25) is 0 Å². The Morgan fingerprint density at radius 3 is 2.48 bits per heavy atom. The number of ether oxygens (including phenoxy) is 1. The Morgan fingerprint density at radius 2 is 1.68 bits per heavy atom. The average Bonchev–Trinajstić information content (AvgIpc) is 2.76. The van der Waals surface area contributed by atoms with Crippen LogP contribution in [0.3, 0.4) is 0 Å². The minimum Gasteiger partial charge on any atom is -0.505 e. The topological polar surface area (TPSA) is 71.2 Å². The third-order valence-corrected chi connectivity index (χ3v) is 5.23. The molecule has 4 aromatic rings. The number of hydrogen-bond donors (Lipinski definition) is 1. The van der Waals surface area contributed by atoms with Crippen LogP contribution in [0.4, 0.5) is 11.4 Å². The molecule has 4 rings (SSSR count). The Bertz CT molecular complexity index is 1340. The maximum Gasteiger partial charge on any atom is 0.347 e. The standard InChI is InChI=1S/C24H16Cl2N2O3/c1-14-10-11-16(25)13-20(14)27-28-22-17-7-3-2-6-15(17)12-18(23(22)29)24(30)31-21-9-5-4-8-19(21)26/h2-13,29H,1H3. The van der Waals surface area contributed by atoms with Crippen molar-refractivity contribution in [1.29, 1.82) is 0 Å². The molecule has 0 atom stereocenters. The normalized spacial score (nSPS) is 11.2. The molecule has 0 fully saturated rings. The van der Waals surface area contributed by atoms with E-state index >= 15 is 0 Å². The SMILES string of the molecule is Cc1ccc(Cl)cc1N=Nc1c(O)c(C(=O)Oc2ccccc2Cl)cc2ccccc12. The van der Waals surface area contributed by atoms with Gasteiger partial charge in [0.1, 0.15) is 17.0 Å². The van der Waals surface area contributed by atoms with Gasteiger partial charge in [-0.05, 0) is 48.2 Å². The van der Waals surface area contributed by atoms with E-state index in [1.165, 1.54) is 0 Å². The summed E-state index contributed by atoms with van der Waals surface area (Å²) >= 11 is 12.1. The molecule has 0 aliphatic carbocycles. The molecule has 31 heavy (non-hydrogen) atoms. The number of halogens is 2. The lowest BCUT2D eigenvalue weighted by Gasteiger charge is -2.11. The zero-order chi connectivity index (χ0) is 22.0. The summed E-state index contributed by atoms with van der Waals surface area (Å²) in [6.45, 7) is 1.88. The highest BCUT2D eigenvalue weighted by molar-refractivity contribution is 6.32. The summed E-state index contributed by atoms with van der Waals surface area (Å²) < 4.78 is 5.39. The molecule has 0 aliphatic rings. The van der Waals surface area contributed by atoms with Crippen molar-refractivity contribution < 1.29 is 14.6 Å². The Labute approximate surface area is 188 Å². The second kappa shape index (κ2) is 8.76. The van der Waals surface area contributed by atoms with Gasteiger partial charge in [0, 0.05) is 10.4 Å². The molecule has 0 aliphatic heterocycles. The number of azo groups is 1. The van der Waals surface area contributed by atoms with Gasteiger partial charge in [-0.2, -0.15) is 5.11 Å². The van der Waals surface area contributed by atoms with Crippen LogP contribution < -0.4 is 4.74 Å². The molecule has 0 spiro atoms. The van der Waals surface area contributed by atoms with E-state index in [1.54, 1.807) is 48.5 Å². The van der Waals surface area contributed by atoms with Crippen LogP contribution in [0.25, 0.3) is 10.8 Å². The molecule has 0 bridgehead atoms. The van der Waals surface area contributed by atoms with Crippen molar-refractivity contribution >= 4 is 51.3 Å². The molecule has 0 radical (unpaired) electrons. The lowest BCUT2D eigenvalue weighted by atomic mass is 10.0. The minimum atomic E-state index is -0.758. The molecule has 0 aromatic heterocycles. The number of carbonyl (C=O) groups is 1. The third-order valence-electron chi connectivity index (χ3n) is 4.68. The summed E-state index contributed by atoms with van der Waals surface area (Å²) in [5.74, 6) is -0.898. The molecule has 1 N–H and O–H groups in total. The molecule has 0 amide bonds. The highest BCUT2D eigenvalue weighted by Gasteiger charge is 2.21. The van der Waals surface area contributed by atoms with Gasteiger partial charge in [0.25, 0.3) is 0 Å². The molecule has 4 aromatic carbocycles. The van der Waals surface area contributed by atoms with Gasteiger partial charge in [0.05, 0.1) is 10.7 Å². The average molecular weight is 451 g/mol. The fourth-order valence-corrected chi connectivity index (χ4v) is 3.39. The van der Waals surface area contributed by atoms with Crippen molar-refractivity contribution in [3.63, 3.8) is 0 Å². The van der Waals surface area contributed by atoms with Crippen LogP contribution in [0.2, 0.25) is 10.0 Å². The Balaban J connectivity index is 1.81. The van der Waals surface area contributed by atoms with Crippen LogP contribution in [0.15, 0.2) is 83.0 Å². The van der Waals surface area contributed by atoms with E-state index in [1.807, 2.05) is 31.2 Å². The second-order valence-corrected chi connectivity index (χ2v) is 7.64. The molecular weight excluding hydrogens is 435 g/mol. The number of rotatable bonds is 4. The van der Waals surface area contributed by atoms with Gasteiger partial charge in [-0.25, -0.2) is 4.79 Å². The van der Waals surface area contributed by atoms with Gasteiger partial charge < -0.3 is 9.84 Å². The molecule has 0 unspecified atom stereocenters. The van der Waals surface area contributed by atoms with Gasteiger partial charge in [-0.1, -0.05) is 65.7 Å². The molecule has 7 heteroatoms. The number of phenols is 1. The number of aromatic hydroxyl groups is 1. The van der Waals surface area contributed by atoms with E-state index in [4.69, 9.17) is 27.9 Å². The number of fused-ring (bicyclic) bond motifs is 1. The van der Waals surface area contributed by atoms with Crippen molar-refractivity contribution in [3.05, 3.63) is 94.0 Å². The first-order chi connectivity index (χ1) is 14.9. The zero-order valence-electron chi connectivity index (χ0n) is 16.3. The van der Waals surface area contributed by atoms with Gasteiger partial charge >= 0.3 is 5.97 Å². The number of esters is 1. The van der Waals surface area contributed by atoms with E-state index in [0.717, 1.165) is 5.56 Å². The molecule has 5 nitrogen and oxygen atoms in total. The Kier molecular flexibility index (Phi) is 5.89. The number of aryl methyl sites for hydroxylation is 1. The van der Waals surface area contributed by atoms with E-state index in [2.05, 4.69) is 10.2 Å². The molecular formula is C24H16Cl2N2O3. The van der Waals surface area contributed by atoms with Crippen molar-refractivity contribution in [2.24, 2.45) is 10.2 Å². The van der Waals surface area contributed by atoms with Crippen LogP contribution in [0.1, 0.15) is 15.9 Å². The van der Waals surface area contributed by atoms with Crippen LogP contribution >= 0.6 is 23.2 Å². The highest BCUT2D eigenvalue weighted by Crippen LogP contribution is 2.40. The predicted molar refractivity (Wildman–Crippen MR) is 122 cm³/mol. The van der Waals surface area contributed by atoms with Crippen molar-refractivity contribution in [1.82, 2.24) is 0 Å². The number of carbonyl (C=O) groups excluding carboxylic acids is 1. The smallest absolute Gasteiger partial charge is 0.347 e. The number of benzene rings is 4. The van der Waals surface area contributed by atoms with Crippen LogP contribution in [0.5, 0.6) is 11.5 Å². The van der Waals surface area contributed by atoms with E-state index in [9.17, 15) is 9.90 Å². The predicted octanol–water partition coefficient (Wildman–Crippen LogP) is 7.80. The van der Waals surface area contributed by atoms with E-state index in [-0.39, 0.29) is 27.8 Å². The number of hydrogen-bond acceptors (Lipinski definition) is 5. The number of phenolic OH excluding ortho intramolecular Hbond substituents is 1. The van der Waals surface area contributed by atoms with Crippen LogP contribution in [0, 0.1) is 6.92 Å². The summed E-state index contributed by atoms with van der Waals surface area (Å²) in [4.78, 5) is 12.8. The van der Waals surface area contributed by atoms with Gasteiger partial charge in [0.2, 0.25) is 0 Å². The van der Waals surface area contributed by atoms with Crippen molar-refractivity contribution in [2.75, 3.05) is 0 Å². The Hall–Kier alpha value is -3.41. The summed E-state index contributed by atoms with van der Waals surface area (Å²) in [6, 6.07) is 20.6. The first-order valence-electron chi connectivity index (χ1n) is 9.33. The minimum absolute atomic E-state index is 0.0459. The first kappa shape index (κ1) is 20.8. The van der Waals surface area contributed by atoms with Gasteiger partial charge in [-0.15, -0.1) is 5.11 Å². The van der Waals surface area contributed by atoms with Crippen molar-refractivity contribution in [2.45, 2.75) is 6.92 Å². The summed E-state index contributed by atoms with van der Waals surface area (Å²) in [7, 11) is 0. The molecule has 0 heterocycles. The summed E-state index contributed by atoms with van der Waals surface area (Å²) in [5.41, 5.74) is 1.53.